The van der Waals surface area contributed by atoms with Crippen LogP contribution >= 0.6 is 0 Å². The molecule has 0 saturated heterocycles. The molecule has 1 heterocycles. The molecule has 2 aromatic carbocycles. The average Bonchev–Trinajstić information content (AvgIpc) is 2.48. The predicted molar refractivity (Wildman–Crippen MR) is 78.7 cm³/mol. The van der Waals surface area contributed by atoms with E-state index in [1.165, 1.54) is 28.6 Å². The molecule has 3 rings (SSSR count). The molecule has 3 heteroatoms. The highest BCUT2D eigenvalue weighted by molar-refractivity contribution is 5.85. The van der Waals surface area contributed by atoms with Gasteiger partial charge in [0, 0.05) is 19.3 Å². The summed E-state index contributed by atoms with van der Waals surface area (Å²) in [6, 6.07) is 16.1. The van der Waals surface area contributed by atoms with Crippen LogP contribution in [-0.2, 0) is 13.1 Å². The average molecular weight is 266 g/mol. The van der Waals surface area contributed by atoms with E-state index in [1.54, 1.807) is 6.20 Å². The number of benzene rings is 2. The van der Waals surface area contributed by atoms with Crippen LogP contribution in [0.2, 0.25) is 0 Å². The zero-order chi connectivity index (χ0) is 13.8. The van der Waals surface area contributed by atoms with Crippen molar-refractivity contribution in [3.05, 3.63) is 77.9 Å². The number of rotatable bonds is 4. The van der Waals surface area contributed by atoms with Gasteiger partial charge in [-0.15, -0.1) is 0 Å². The first-order valence-corrected chi connectivity index (χ1v) is 6.60. The van der Waals surface area contributed by atoms with Crippen LogP contribution in [0.4, 0.5) is 4.39 Å². The number of fused-ring (bicyclic) bond motifs is 1. The molecule has 1 aromatic heterocycles. The van der Waals surface area contributed by atoms with Crippen LogP contribution in [0.25, 0.3) is 10.8 Å². The number of pyridine rings is 1. The molecule has 1 N–H and O–H groups in total. The second-order valence-electron chi connectivity index (χ2n) is 4.75. The van der Waals surface area contributed by atoms with Gasteiger partial charge in [0.25, 0.3) is 0 Å². The van der Waals surface area contributed by atoms with Crippen molar-refractivity contribution in [1.82, 2.24) is 10.3 Å². The van der Waals surface area contributed by atoms with Gasteiger partial charge in [0.15, 0.2) is 0 Å². The lowest BCUT2D eigenvalue weighted by atomic mass is 10.0. The highest BCUT2D eigenvalue weighted by Crippen LogP contribution is 2.18. The quantitative estimate of drug-likeness (QED) is 0.779. The number of hydrogen-bond donors (Lipinski definition) is 1. The van der Waals surface area contributed by atoms with Gasteiger partial charge in [-0.2, -0.15) is 0 Å². The lowest BCUT2D eigenvalue weighted by Gasteiger charge is -2.08. The summed E-state index contributed by atoms with van der Waals surface area (Å²) in [5, 5.41) is 5.82. The smallest absolute Gasteiger partial charge is 0.141 e. The number of aromatic nitrogens is 1. The molecule has 0 aliphatic heterocycles. The van der Waals surface area contributed by atoms with Gasteiger partial charge in [-0.1, -0.05) is 42.5 Å². The number of hydrogen-bond acceptors (Lipinski definition) is 2. The fourth-order valence-electron chi connectivity index (χ4n) is 2.34. The maximum absolute atomic E-state index is 13.0. The molecule has 0 saturated carbocycles. The molecule has 0 unspecified atom stereocenters. The SMILES string of the molecule is Fc1cncc(CNCc2cccc3ccccc23)c1. The molecule has 100 valence electrons. The van der Waals surface area contributed by atoms with E-state index in [2.05, 4.69) is 40.6 Å². The zero-order valence-corrected chi connectivity index (χ0v) is 11.0. The van der Waals surface area contributed by atoms with E-state index in [9.17, 15) is 4.39 Å². The van der Waals surface area contributed by atoms with Gasteiger partial charge in [0.1, 0.15) is 5.82 Å². The third kappa shape index (κ3) is 2.83. The molecule has 2 nitrogen and oxygen atoms in total. The van der Waals surface area contributed by atoms with Gasteiger partial charge in [-0.3, -0.25) is 4.98 Å². The predicted octanol–water partition coefficient (Wildman–Crippen LogP) is 3.66. The lowest BCUT2D eigenvalue weighted by molar-refractivity contribution is 0.613. The van der Waals surface area contributed by atoms with Crippen molar-refractivity contribution >= 4 is 10.8 Å². The minimum Gasteiger partial charge on any atom is -0.309 e. The Balaban J connectivity index is 1.71. The zero-order valence-electron chi connectivity index (χ0n) is 11.0. The van der Waals surface area contributed by atoms with E-state index in [-0.39, 0.29) is 5.82 Å². The number of nitrogens with one attached hydrogen (secondary N) is 1. The normalized spacial score (nSPS) is 10.8. The van der Waals surface area contributed by atoms with Gasteiger partial charge in [-0.25, -0.2) is 4.39 Å². The molecule has 0 aliphatic rings. The van der Waals surface area contributed by atoms with Gasteiger partial charge in [-0.05, 0) is 28.0 Å². The van der Waals surface area contributed by atoms with Crippen LogP contribution in [0.3, 0.4) is 0 Å². The molecule has 0 spiro atoms. The fraction of sp³-hybridized carbons (Fsp3) is 0.118. The second-order valence-corrected chi connectivity index (χ2v) is 4.75. The Morgan fingerprint density at radius 2 is 1.80 bits per heavy atom. The van der Waals surface area contributed by atoms with E-state index < -0.39 is 0 Å². The van der Waals surface area contributed by atoms with Crippen molar-refractivity contribution in [1.29, 1.82) is 0 Å². The van der Waals surface area contributed by atoms with Gasteiger partial charge in [0.2, 0.25) is 0 Å². The lowest BCUT2D eigenvalue weighted by Crippen LogP contribution is -2.13. The Labute approximate surface area is 117 Å². The third-order valence-electron chi connectivity index (χ3n) is 3.29. The van der Waals surface area contributed by atoms with Crippen molar-refractivity contribution < 1.29 is 4.39 Å². The van der Waals surface area contributed by atoms with Crippen molar-refractivity contribution in [3.8, 4) is 0 Å². The molecule has 0 atom stereocenters. The van der Waals surface area contributed by atoms with Gasteiger partial charge in [0.05, 0.1) is 6.20 Å². The van der Waals surface area contributed by atoms with Crippen molar-refractivity contribution in [3.63, 3.8) is 0 Å². The summed E-state index contributed by atoms with van der Waals surface area (Å²) >= 11 is 0. The summed E-state index contributed by atoms with van der Waals surface area (Å²) in [7, 11) is 0. The van der Waals surface area contributed by atoms with E-state index in [4.69, 9.17) is 0 Å². The molecular formula is C17H15FN2. The Bertz CT molecular complexity index is 720. The summed E-state index contributed by atoms with van der Waals surface area (Å²) in [4.78, 5) is 3.84. The molecular weight excluding hydrogens is 251 g/mol. The summed E-state index contributed by atoms with van der Waals surface area (Å²) in [6.45, 7) is 1.35. The topological polar surface area (TPSA) is 24.9 Å². The third-order valence-corrected chi connectivity index (χ3v) is 3.29. The Morgan fingerprint density at radius 3 is 2.70 bits per heavy atom. The number of nitrogens with zero attached hydrogens (tertiary/aromatic N) is 1. The fourth-order valence-corrected chi connectivity index (χ4v) is 2.34. The maximum atomic E-state index is 13.0. The molecule has 3 aromatic rings. The summed E-state index contributed by atoms with van der Waals surface area (Å²) < 4.78 is 13.0. The van der Waals surface area contributed by atoms with Crippen molar-refractivity contribution in [2.45, 2.75) is 13.1 Å². The number of halogens is 1. The minimum absolute atomic E-state index is 0.297. The van der Waals surface area contributed by atoms with Gasteiger partial charge >= 0.3 is 0 Å². The highest BCUT2D eigenvalue weighted by atomic mass is 19.1. The van der Waals surface area contributed by atoms with Crippen LogP contribution in [0, 0.1) is 5.82 Å². The van der Waals surface area contributed by atoms with E-state index in [0.29, 0.717) is 6.54 Å². The van der Waals surface area contributed by atoms with Crippen LogP contribution in [0.1, 0.15) is 11.1 Å². The van der Waals surface area contributed by atoms with E-state index in [1.807, 2.05) is 12.1 Å². The largest absolute Gasteiger partial charge is 0.309 e. The summed E-state index contributed by atoms with van der Waals surface area (Å²) in [6.07, 6.45) is 2.90. The Hall–Kier alpha value is -2.26. The second kappa shape index (κ2) is 5.80. The van der Waals surface area contributed by atoms with Gasteiger partial charge < -0.3 is 5.32 Å². The monoisotopic (exact) mass is 266 g/mol. The van der Waals surface area contributed by atoms with Crippen LogP contribution in [0.5, 0.6) is 0 Å². The highest BCUT2D eigenvalue weighted by Gasteiger charge is 2.00. The molecule has 0 amide bonds. The van der Waals surface area contributed by atoms with Crippen molar-refractivity contribution in [2.75, 3.05) is 0 Å². The van der Waals surface area contributed by atoms with E-state index >= 15 is 0 Å². The summed E-state index contributed by atoms with van der Waals surface area (Å²) in [5.74, 6) is -0.297. The standard InChI is InChI=1S/C17H15FN2/c18-16-8-13(10-20-12-16)9-19-11-15-6-3-5-14-4-1-2-7-17(14)15/h1-8,10,12,19H,9,11H2. The molecule has 20 heavy (non-hydrogen) atoms. The Kier molecular flexibility index (Phi) is 3.70. The van der Waals surface area contributed by atoms with Crippen LogP contribution < -0.4 is 5.32 Å². The maximum Gasteiger partial charge on any atom is 0.141 e. The Morgan fingerprint density at radius 1 is 0.950 bits per heavy atom. The molecule has 0 fully saturated rings. The molecule has 0 bridgehead atoms. The minimum atomic E-state index is -0.297. The van der Waals surface area contributed by atoms with E-state index in [0.717, 1.165) is 12.1 Å². The first-order chi connectivity index (χ1) is 9.83. The van der Waals surface area contributed by atoms with Crippen LogP contribution in [-0.4, -0.2) is 4.98 Å². The summed E-state index contributed by atoms with van der Waals surface area (Å²) in [5.41, 5.74) is 2.10. The molecule has 0 aliphatic carbocycles. The first-order valence-electron chi connectivity index (χ1n) is 6.60. The van der Waals surface area contributed by atoms with Crippen molar-refractivity contribution in [2.24, 2.45) is 0 Å². The molecule has 0 radical (unpaired) electrons. The van der Waals surface area contributed by atoms with Crippen LogP contribution in [0.15, 0.2) is 60.9 Å². The first kappa shape index (κ1) is 12.8.